The number of aromatic nitrogens is 2. The third-order valence-electron chi connectivity index (χ3n) is 4.85. The summed E-state index contributed by atoms with van der Waals surface area (Å²) in [6, 6.07) is 1.44. The molecule has 2 atom stereocenters. The lowest BCUT2D eigenvalue weighted by molar-refractivity contribution is 0.133. The number of halogens is 2. The average Bonchev–Trinajstić information content (AvgIpc) is 2.86. The fraction of sp³-hybridized carbons (Fsp3) is 0.800. The van der Waals surface area contributed by atoms with Crippen molar-refractivity contribution in [3.8, 4) is 0 Å². The molecule has 0 aromatic carbocycles. The Hall–Kier alpha value is -0.0600. The maximum absolute atomic E-state index is 6.55. The van der Waals surface area contributed by atoms with Gasteiger partial charge in [-0.2, -0.15) is 5.10 Å². The maximum Gasteiger partial charge on any atom is 0.0863 e. The summed E-state index contributed by atoms with van der Waals surface area (Å²) in [5.41, 5.74) is 2.27. The molecule has 1 aromatic heterocycles. The van der Waals surface area contributed by atoms with Crippen LogP contribution in [0.5, 0.6) is 0 Å². The number of rotatable bonds is 4. The van der Waals surface area contributed by atoms with E-state index in [4.69, 9.17) is 11.6 Å². The van der Waals surface area contributed by atoms with Gasteiger partial charge in [0.15, 0.2) is 0 Å². The Kier molecular flexibility index (Phi) is 4.44. The Morgan fingerprint density at radius 2 is 1.90 bits per heavy atom. The van der Waals surface area contributed by atoms with Crippen LogP contribution in [0.25, 0.3) is 0 Å². The van der Waals surface area contributed by atoms with Gasteiger partial charge in [-0.3, -0.25) is 9.58 Å². The van der Waals surface area contributed by atoms with E-state index in [0.717, 1.165) is 42.3 Å². The van der Waals surface area contributed by atoms with Crippen LogP contribution in [0.15, 0.2) is 0 Å². The third kappa shape index (κ3) is 2.55. The number of nitrogens with zero attached hydrogens (tertiary/aromatic N) is 3. The molecule has 2 unspecified atom stereocenters. The summed E-state index contributed by atoms with van der Waals surface area (Å²) < 4.78 is 2.10. The van der Waals surface area contributed by atoms with Crippen LogP contribution in [0.2, 0.25) is 5.02 Å². The van der Waals surface area contributed by atoms with Crippen molar-refractivity contribution in [2.24, 2.45) is 0 Å². The predicted octanol–water partition coefficient (Wildman–Crippen LogP) is 4.01. The molecule has 2 bridgehead atoms. The van der Waals surface area contributed by atoms with E-state index in [-0.39, 0.29) is 0 Å². The molecule has 3 rings (SSSR count). The lowest BCUT2D eigenvalue weighted by atomic mass is 10.0. The fourth-order valence-corrected chi connectivity index (χ4v) is 5.00. The van der Waals surface area contributed by atoms with Gasteiger partial charge >= 0.3 is 0 Å². The lowest BCUT2D eigenvalue weighted by Crippen LogP contribution is -2.43. The molecule has 0 amide bonds. The molecular weight excluding hydrogens is 338 g/mol. The third-order valence-corrected chi connectivity index (χ3v) is 6.04. The van der Waals surface area contributed by atoms with Gasteiger partial charge in [0.25, 0.3) is 0 Å². The van der Waals surface area contributed by atoms with Gasteiger partial charge in [-0.1, -0.05) is 34.5 Å². The SMILES string of the molecule is CCc1nn(CC)c(CN2C3CCC2CC(Br)C3)c1Cl. The van der Waals surface area contributed by atoms with Crippen LogP contribution in [0, 0.1) is 0 Å². The van der Waals surface area contributed by atoms with Crippen LogP contribution in [-0.4, -0.2) is 31.6 Å². The number of piperidine rings is 1. The minimum atomic E-state index is 0.703. The van der Waals surface area contributed by atoms with Crippen molar-refractivity contribution < 1.29 is 0 Å². The first-order chi connectivity index (χ1) is 9.63. The Bertz CT molecular complexity index is 474. The Morgan fingerprint density at radius 3 is 2.45 bits per heavy atom. The standard InChI is InChI=1S/C15H23BrClN3/c1-3-13-15(17)14(20(4-2)18-13)9-19-11-5-6-12(19)8-10(16)7-11/h10-12H,3-9H2,1-2H3. The largest absolute Gasteiger partial charge is 0.291 e. The normalized spacial score (nSPS) is 30.1. The number of hydrogen-bond donors (Lipinski definition) is 0. The smallest absolute Gasteiger partial charge is 0.0863 e. The zero-order valence-electron chi connectivity index (χ0n) is 12.3. The second kappa shape index (κ2) is 5.98. The average molecular weight is 361 g/mol. The maximum atomic E-state index is 6.55. The summed E-state index contributed by atoms with van der Waals surface area (Å²) in [5, 5.41) is 5.54. The molecule has 112 valence electrons. The Labute approximate surface area is 134 Å². The topological polar surface area (TPSA) is 21.1 Å². The fourth-order valence-electron chi connectivity index (χ4n) is 3.81. The highest BCUT2D eigenvalue weighted by Gasteiger charge is 2.40. The van der Waals surface area contributed by atoms with Crippen molar-refractivity contribution in [3.05, 3.63) is 16.4 Å². The zero-order chi connectivity index (χ0) is 14.3. The van der Waals surface area contributed by atoms with Crippen LogP contribution in [0.1, 0.15) is 50.9 Å². The van der Waals surface area contributed by atoms with E-state index < -0.39 is 0 Å². The monoisotopic (exact) mass is 359 g/mol. The van der Waals surface area contributed by atoms with Gasteiger partial charge in [0.2, 0.25) is 0 Å². The van der Waals surface area contributed by atoms with Crippen molar-refractivity contribution in [1.82, 2.24) is 14.7 Å². The zero-order valence-corrected chi connectivity index (χ0v) is 14.6. The Morgan fingerprint density at radius 1 is 1.25 bits per heavy atom. The summed E-state index contributed by atoms with van der Waals surface area (Å²) in [5.74, 6) is 0. The van der Waals surface area contributed by atoms with E-state index in [0.29, 0.717) is 4.83 Å². The molecule has 0 N–H and O–H groups in total. The van der Waals surface area contributed by atoms with Crippen LogP contribution < -0.4 is 0 Å². The number of fused-ring (bicyclic) bond motifs is 2. The first kappa shape index (κ1) is 14.9. The first-order valence-electron chi connectivity index (χ1n) is 7.77. The van der Waals surface area contributed by atoms with Gasteiger partial charge in [-0.05, 0) is 39.0 Å². The molecule has 5 heteroatoms. The quantitative estimate of drug-likeness (QED) is 0.756. The molecular formula is C15H23BrClN3. The predicted molar refractivity (Wildman–Crippen MR) is 86.6 cm³/mol. The molecule has 2 aliphatic heterocycles. The van der Waals surface area contributed by atoms with Gasteiger partial charge in [0, 0.05) is 30.0 Å². The number of alkyl halides is 1. The molecule has 2 fully saturated rings. The van der Waals surface area contributed by atoms with Crippen LogP contribution in [0.4, 0.5) is 0 Å². The second-order valence-electron chi connectivity index (χ2n) is 6.00. The van der Waals surface area contributed by atoms with Gasteiger partial charge in [-0.15, -0.1) is 0 Å². The first-order valence-corrected chi connectivity index (χ1v) is 9.07. The van der Waals surface area contributed by atoms with Gasteiger partial charge in [-0.25, -0.2) is 0 Å². The molecule has 0 saturated carbocycles. The summed E-state index contributed by atoms with van der Waals surface area (Å²) in [6.45, 7) is 6.14. The molecule has 3 heterocycles. The molecule has 3 nitrogen and oxygen atoms in total. The highest BCUT2D eigenvalue weighted by Crippen LogP contribution is 2.40. The molecule has 0 aliphatic carbocycles. The lowest BCUT2D eigenvalue weighted by Gasteiger charge is -2.37. The minimum Gasteiger partial charge on any atom is -0.291 e. The number of hydrogen-bond acceptors (Lipinski definition) is 2. The molecule has 2 aliphatic rings. The van der Waals surface area contributed by atoms with Crippen molar-refractivity contribution in [3.63, 3.8) is 0 Å². The van der Waals surface area contributed by atoms with Crippen molar-refractivity contribution >= 4 is 27.5 Å². The summed E-state index contributed by atoms with van der Waals surface area (Å²) in [6.07, 6.45) is 6.13. The van der Waals surface area contributed by atoms with E-state index in [1.54, 1.807) is 0 Å². The van der Waals surface area contributed by atoms with E-state index in [1.165, 1.54) is 31.4 Å². The van der Waals surface area contributed by atoms with Crippen LogP contribution >= 0.6 is 27.5 Å². The van der Waals surface area contributed by atoms with Gasteiger partial charge in [0.1, 0.15) is 0 Å². The summed E-state index contributed by atoms with van der Waals surface area (Å²) in [4.78, 5) is 3.38. The van der Waals surface area contributed by atoms with E-state index in [2.05, 4.69) is 44.5 Å². The highest BCUT2D eigenvalue weighted by molar-refractivity contribution is 9.09. The van der Waals surface area contributed by atoms with E-state index in [9.17, 15) is 0 Å². The highest BCUT2D eigenvalue weighted by atomic mass is 79.9. The molecule has 20 heavy (non-hydrogen) atoms. The summed E-state index contributed by atoms with van der Waals surface area (Å²) >= 11 is 10.4. The van der Waals surface area contributed by atoms with E-state index >= 15 is 0 Å². The van der Waals surface area contributed by atoms with Crippen LogP contribution in [-0.2, 0) is 19.5 Å². The Balaban J connectivity index is 1.83. The van der Waals surface area contributed by atoms with E-state index in [1.807, 2.05) is 0 Å². The van der Waals surface area contributed by atoms with Crippen molar-refractivity contribution in [2.45, 2.75) is 76.0 Å². The number of aryl methyl sites for hydroxylation is 2. The van der Waals surface area contributed by atoms with Crippen molar-refractivity contribution in [1.29, 1.82) is 0 Å². The van der Waals surface area contributed by atoms with Gasteiger partial charge in [0.05, 0.1) is 16.4 Å². The minimum absolute atomic E-state index is 0.703. The van der Waals surface area contributed by atoms with Gasteiger partial charge < -0.3 is 0 Å². The van der Waals surface area contributed by atoms with Crippen LogP contribution in [0.3, 0.4) is 0 Å². The molecule has 0 radical (unpaired) electrons. The summed E-state index contributed by atoms with van der Waals surface area (Å²) in [7, 11) is 0. The second-order valence-corrected chi connectivity index (χ2v) is 7.68. The molecule has 0 spiro atoms. The molecule has 2 saturated heterocycles. The van der Waals surface area contributed by atoms with Crippen molar-refractivity contribution in [2.75, 3.05) is 0 Å². The molecule has 1 aromatic rings.